The fraction of sp³-hybridized carbons (Fsp3) is 0.250. The lowest BCUT2D eigenvalue weighted by atomic mass is 10.3. The van der Waals surface area contributed by atoms with Gasteiger partial charge < -0.3 is 10.3 Å². The molecule has 1 aromatic carbocycles. The molecular formula is C12H12BrFN6. The van der Waals surface area contributed by atoms with E-state index in [9.17, 15) is 4.39 Å². The fourth-order valence-corrected chi connectivity index (χ4v) is 2.42. The molecule has 0 fully saturated rings. The third-order valence-electron chi connectivity index (χ3n) is 3.03. The van der Waals surface area contributed by atoms with Crippen molar-refractivity contribution in [3.05, 3.63) is 34.6 Å². The van der Waals surface area contributed by atoms with Crippen molar-refractivity contribution in [1.82, 2.24) is 24.3 Å². The van der Waals surface area contributed by atoms with Crippen LogP contribution in [0.25, 0.3) is 11.0 Å². The first-order valence-corrected chi connectivity index (χ1v) is 6.79. The van der Waals surface area contributed by atoms with Crippen molar-refractivity contribution < 1.29 is 4.39 Å². The molecule has 8 heteroatoms. The van der Waals surface area contributed by atoms with Gasteiger partial charge in [0.05, 0.1) is 15.5 Å². The average molecular weight is 339 g/mol. The summed E-state index contributed by atoms with van der Waals surface area (Å²) >= 11 is 3.17. The summed E-state index contributed by atoms with van der Waals surface area (Å²) in [5.74, 6) is 0.733. The second kappa shape index (κ2) is 4.86. The number of benzene rings is 1. The van der Waals surface area contributed by atoms with Gasteiger partial charge in [0.1, 0.15) is 12.1 Å². The van der Waals surface area contributed by atoms with E-state index >= 15 is 0 Å². The molecular weight excluding hydrogens is 327 g/mol. The maximum Gasteiger partial charge on any atom is 0.201 e. The molecule has 0 radical (unpaired) electrons. The molecule has 20 heavy (non-hydrogen) atoms. The van der Waals surface area contributed by atoms with Crippen LogP contribution in [0.2, 0.25) is 0 Å². The number of nitrogens with two attached hydrogens (primary N) is 1. The van der Waals surface area contributed by atoms with Gasteiger partial charge in [0, 0.05) is 26.1 Å². The zero-order valence-corrected chi connectivity index (χ0v) is 12.3. The lowest BCUT2D eigenvalue weighted by Gasteiger charge is -2.05. The highest BCUT2D eigenvalue weighted by molar-refractivity contribution is 9.10. The number of nitrogens with zero attached hydrogens (tertiary/aromatic N) is 5. The Bertz CT molecular complexity index is 778. The summed E-state index contributed by atoms with van der Waals surface area (Å²) in [6, 6.07) is 3.05. The van der Waals surface area contributed by atoms with E-state index in [0.29, 0.717) is 28.9 Å². The Kier molecular flexibility index (Phi) is 3.17. The maximum atomic E-state index is 13.5. The first-order valence-electron chi connectivity index (χ1n) is 6.00. The molecule has 0 unspecified atom stereocenters. The molecule has 104 valence electrons. The number of hydrogen-bond acceptors (Lipinski definition) is 4. The van der Waals surface area contributed by atoms with Gasteiger partial charge in [0.15, 0.2) is 5.82 Å². The van der Waals surface area contributed by atoms with Crippen LogP contribution in [0.1, 0.15) is 5.82 Å². The molecule has 2 heterocycles. The van der Waals surface area contributed by atoms with E-state index < -0.39 is 0 Å². The summed E-state index contributed by atoms with van der Waals surface area (Å²) < 4.78 is 17.4. The molecule has 0 amide bonds. The van der Waals surface area contributed by atoms with Crippen LogP contribution in [0.3, 0.4) is 0 Å². The van der Waals surface area contributed by atoms with Gasteiger partial charge in [-0.25, -0.2) is 14.4 Å². The van der Waals surface area contributed by atoms with E-state index in [-0.39, 0.29) is 5.82 Å². The minimum Gasteiger partial charge on any atom is -0.369 e. The highest BCUT2D eigenvalue weighted by atomic mass is 79.9. The van der Waals surface area contributed by atoms with Crippen molar-refractivity contribution >= 4 is 32.9 Å². The molecule has 0 aliphatic rings. The Labute approximate surface area is 122 Å². The second-order valence-electron chi connectivity index (χ2n) is 4.46. The van der Waals surface area contributed by atoms with Crippen molar-refractivity contribution in [3.8, 4) is 0 Å². The molecule has 0 saturated heterocycles. The molecule has 0 aliphatic heterocycles. The number of aromatic nitrogens is 5. The molecule has 2 N–H and O–H groups in total. The van der Waals surface area contributed by atoms with Crippen molar-refractivity contribution in [1.29, 1.82) is 0 Å². The summed E-state index contributed by atoms with van der Waals surface area (Å²) in [4.78, 5) is 8.33. The molecule has 3 rings (SSSR count). The number of halogens is 2. The van der Waals surface area contributed by atoms with Crippen LogP contribution in [0.4, 0.5) is 10.3 Å². The fourth-order valence-electron chi connectivity index (χ4n) is 2.08. The summed E-state index contributed by atoms with van der Waals surface area (Å²) in [6.45, 7) is 0.588. The van der Waals surface area contributed by atoms with Crippen LogP contribution in [-0.2, 0) is 20.0 Å². The lowest BCUT2D eigenvalue weighted by molar-refractivity contribution is 0.622. The van der Waals surface area contributed by atoms with Crippen molar-refractivity contribution in [2.75, 3.05) is 5.73 Å². The van der Waals surface area contributed by atoms with Crippen LogP contribution in [-0.4, -0.2) is 24.3 Å². The first-order chi connectivity index (χ1) is 9.54. The van der Waals surface area contributed by atoms with Crippen molar-refractivity contribution in [2.45, 2.75) is 13.0 Å². The van der Waals surface area contributed by atoms with Gasteiger partial charge in [-0.3, -0.25) is 4.68 Å². The molecule has 0 spiro atoms. The Morgan fingerprint density at radius 2 is 2.20 bits per heavy atom. The first kappa shape index (κ1) is 13.0. The van der Waals surface area contributed by atoms with Crippen LogP contribution < -0.4 is 5.73 Å². The molecule has 2 aromatic heterocycles. The smallest absolute Gasteiger partial charge is 0.201 e. The van der Waals surface area contributed by atoms with Crippen LogP contribution in [0.5, 0.6) is 0 Å². The molecule has 0 aliphatic carbocycles. The number of hydrogen-bond donors (Lipinski definition) is 1. The minimum atomic E-state index is -0.353. The normalized spacial score (nSPS) is 11.3. The largest absolute Gasteiger partial charge is 0.369 e. The second-order valence-corrected chi connectivity index (χ2v) is 5.32. The predicted octanol–water partition coefficient (Wildman–Crippen LogP) is 1.89. The third kappa shape index (κ3) is 2.26. The zero-order valence-electron chi connectivity index (χ0n) is 10.7. The Morgan fingerprint density at radius 1 is 1.40 bits per heavy atom. The van der Waals surface area contributed by atoms with Crippen LogP contribution >= 0.6 is 15.9 Å². The quantitative estimate of drug-likeness (QED) is 0.791. The summed E-state index contributed by atoms with van der Waals surface area (Å²) in [7, 11) is 1.82. The third-order valence-corrected chi connectivity index (χ3v) is 3.63. The summed E-state index contributed by atoms with van der Waals surface area (Å²) in [6.07, 6.45) is 2.28. The van der Waals surface area contributed by atoms with E-state index in [2.05, 4.69) is 31.0 Å². The number of anilines is 1. The van der Waals surface area contributed by atoms with Gasteiger partial charge in [0.2, 0.25) is 5.95 Å². The summed E-state index contributed by atoms with van der Waals surface area (Å²) in [5.41, 5.74) is 7.21. The molecule has 0 bridgehead atoms. The van der Waals surface area contributed by atoms with Crippen molar-refractivity contribution in [2.24, 2.45) is 7.05 Å². The lowest BCUT2D eigenvalue weighted by Crippen LogP contribution is -2.07. The SMILES string of the molecule is Cn1cnc(CCn2c(N)nc3cc(F)c(Br)cc32)n1. The average Bonchev–Trinajstić information content (AvgIpc) is 2.92. The summed E-state index contributed by atoms with van der Waals surface area (Å²) in [5, 5.41) is 4.21. The molecule has 6 nitrogen and oxygen atoms in total. The maximum absolute atomic E-state index is 13.5. The molecule has 0 saturated carbocycles. The van der Waals surface area contributed by atoms with Crippen LogP contribution in [0.15, 0.2) is 22.9 Å². The van der Waals surface area contributed by atoms with Crippen molar-refractivity contribution in [3.63, 3.8) is 0 Å². The highest BCUT2D eigenvalue weighted by Gasteiger charge is 2.12. The van der Waals surface area contributed by atoms with E-state index in [4.69, 9.17) is 5.73 Å². The Balaban J connectivity index is 1.94. The van der Waals surface area contributed by atoms with Crippen LogP contribution in [0, 0.1) is 5.82 Å². The Morgan fingerprint density at radius 3 is 2.90 bits per heavy atom. The van der Waals surface area contributed by atoms with Gasteiger partial charge in [-0.15, -0.1) is 0 Å². The van der Waals surface area contributed by atoms with E-state index in [1.807, 2.05) is 11.6 Å². The van der Waals surface area contributed by atoms with Gasteiger partial charge >= 0.3 is 0 Å². The standard InChI is InChI=1S/C12H12BrFN6/c1-19-6-16-11(18-19)2-3-20-10-4-7(13)8(14)5-9(10)17-12(20)15/h4-6H,2-3H2,1H3,(H2,15,17). The zero-order chi connectivity index (χ0) is 14.3. The monoisotopic (exact) mass is 338 g/mol. The number of aryl methyl sites for hydroxylation is 3. The van der Waals surface area contributed by atoms with E-state index in [1.165, 1.54) is 6.07 Å². The van der Waals surface area contributed by atoms with E-state index in [0.717, 1.165) is 11.3 Å². The molecule has 0 atom stereocenters. The number of fused-ring (bicyclic) bond motifs is 1. The van der Waals surface area contributed by atoms with Gasteiger partial charge in [-0.2, -0.15) is 5.10 Å². The van der Waals surface area contributed by atoms with Gasteiger partial charge in [0.25, 0.3) is 0 Å². The number of rotatable bonds is 3. The van der Waals surface area contributed by atoms with Gasteiger partial charge in [-0.1, -0.05) is 0 Å². The predicted molar refractivity (Wildman–Crippen MR) is 76.5 cm³/mol. The highest BCUT2D eigenvalue weighted by Crippen LogP contribution is 2.25. The molecule has 3 aromatic rings. The van der Waals surface area contributed by atoms with E-state index in [1.54, 1.807) is 17.1 Å². The Hall–Kier alpha value is -1.96. The van der Waals surface area contributed by atoms with Gasteiger partial charge in [-0.05, 0) is 22.0 Å². The number of nitrogen functional groups attached to an aromatic ring is 1. The topological polar surface area (TPSA) is 74.5 Å². The number of imidazole rings is 1. The minimum absolute atomic E-state index is 0.353.